The molecule has 10 heterocycles. The van der Waals surface area contributed by atoms with Gasteiger partial charge in [0, 0.05) is 0 Å². The van der Waals surface area contributed by atoms with E-state index >= 15 is 0 Å². The first-order chi connectivity index (χ1) is 17.1. The van der Waals surface area contributed by atoms with E-state index in [0.717, 1.165) is 8.37 Å². The first kappa shape index (κ1) is 17.2. The van der Waals surface area contributed by atoms with Crippen molar-refractivity contribution in [3.63, 3.8) is 0 Å². The fourth-order valence-electron chi connectivity index (χ4n) is 21.1. The van der Waals surface area contributed by atoms with Gasteiger partial charge in [-0.25, -0.2) is 0 Å². The van der Waals surface area contributed by atoms with Crippen molar-refractivity contribution >= 4 is 18.5 Å². The van der Waals surface area contributed by atoms with Crippen LogP contribution in [-0.2, 0) is 17.2 Å². The molecule has 0 saturated carbocycles. The molecule has 3 aromatic carbocycles. The number of benzene rings is 3. The molecule has 0 nitrogen and oxygen atoms in total. The van der Waals surface area contributed by atoms with Crippen molar-refractivity contribution in [3.8, 4) is 0 Å². The van der Waals surface area contributed by atoms with E-state index in [1.54, 1.807) is 16.2 Å². The van der Waals surface area contributed by atoms with E-state index in [-0.39, 0.29) is 7.92 Å². The molecule has 13 rings (SSSR count). The normalized spacial score (nSPS) is 66.0. The van der Waals surface area contributed by atoms with Crippen LogP contribution in [0.3, 0.4) is 0 Å². The second kappa shape index (κ2) is 2.57. The van der Waals surface area contributed by atoms with Gasteiger partial charge >= 0.3 is 201 Å². The summed E-state index contributed by atoms with van der Waals surface area (Å²) in [6, 6.07) is 34.4. The number of fused-ring (bicyclic) bond motifs is 10. The quantitative estimate of drug-likeness (QED) is 0.161. The van der Waals surface area contributed by atoms with E-state index < -0.39 is 6.51 Å². The van der Waals surface area contributed by atoms with Crippen molar-refractivity contribution < 1.29 is 6.51 Å². The fourth-order valence-corrected chi connectivity index (χ4v) is 112. The molecule has 3 aromatic rings. The predicted octanol–water partition coefficient (Wildman–Crippen LogP) is 8.26. The van der Waals surface area contributed by atoms with Gasteiger partial charge in [0.05, 0.1) is 0 Å². The Morgan fingerprint density at radius 2 is 1.29 bits per heavy atom. The van der Waals surface area contributed by atoms with Crippen molar-refractivity contribution in [1.29, 1.82) is 0 Å². The number of aryl methyl sites for hydroxylation is 1. The average Bonchev–Trinajstić information content (AvgIpc) is 3.85. The van der Waals surface area contributed by atoms with E-state index in [1.165, 1.54) is 64.2 Å². The maximum absolute atomic E-state index is 3.67. The van der Waals surface area contributed by atoms with Crippen LogP contribution in [0.1, 0.15) is 37.3 Å². The summed E-state index contributed by atoms with van der Waals surface area (Å²) >= 11 is 0. The molecule has 10 saturated heterocycles. The molecule has 35 heavy (non-hydrogen) atoms. The Labute approximate surface area is 200 Å². The van der Waals surface area contributed by atoms with Gasteiger partial charge in [-0.15, -0.1) is 0 Å². The molecule has 1 spiro atoms. The summed E-state index contributed by atoms with van der Waals surface area (Å²) in [7, 11) is -0.210. The first-order valence-corrected chi connectivity index (χ1v) is 21.8. The molecular weight excluding hydrogens is 483 g/mol. The van der Waals surface area contributed by atoms with Crippen LogP contribution in [0.4, 0.5) is 0 Å². The monoisotopic (exact) mass is 516 g/mol. The average molecular weight is 516 g/mol. The zero-order chi connectivity index (χ0) is 22.5. The summed E-state index contributed by atoms with van der Waals surface area (Å²) in [6.45, 7) is -1.34. The van der Waals surface area contributed by atoms with Crippen LogP contribution in [0, 0.1) is 0 Å². The van der Waals surface area contributed by atoms with Gasteiger partial charge in [-0.3, -0.25) is 0 Å². The molecule has 0 aliphatic carbocycles. The molecule has 0 N–H and O–H groups in total. The van der Waals surface area contributed by atoms with E-state index in [9.17, 15) is 0 Å². The Morgan fingerprint density at radius 1 is 0.686 bits per heavy atom. The summed E-state index contributed by atoms with van der Waals surface area (Å²) < 4.78 is 1.63. The standard InChI is InChI=1S/C17H14P.C16H19.Fe/c1-3-9-15(10-4-1)18(17-13-7-8-14-17)16-11-5-2-6-12-16;1-2-3-4-8-14-9-7-12-16(13-14)15-10-5-6-11-15;/h1-14H;5-7,9-13H,2-4,8H2,1H3;. The molecule has 0 aromatic heterocycles. The zero-order valence-corrected chi connectivity index (χ0v) is 22.3. The van der Waals surface area contributed by atoms with Gasteiger partial charge in [-0.2, -0.15) is 0 Å². The Hall–Kier alpha value is -1.39. The van der Waals surface area contributed by atoms with Crippen molar-refractivity contribution in [2.45, 2.75) is 79.5 Å². The Morgan fingerprint density at radius 3 is 1.83 bits per heavy atom. The van der Waals surface area contributed by atoms with Crippen LogP contribution >= 0.6 is 7.92 Å². The third-order valence-corrected chi connectivity index (χ3v) is 69.3. The van der Waals surface area contributed by atoms with Crippen molar-refractivity contribution in [3.05, 3.63) is 96.1 Å². The molecule has 0 amide bonds. The zero-order valence-electron chi connectivity index (χ0n) is 20.3. The van der Waals surface area contributed by atoms with Crippen LogP contribution in [0.5, 0.6) is 0 Å². The van der Waals surface area contributed by atoms with Gasteiger partial charge in [0.15, 0.2) is 0 Å². The van der Waals surface area contributed by atoms with E-state index in [2.05, 4.69) is 91.9 Å². The van der Waals surface area contributed by atoms with Gasteiger partial charge < -0.3 is 0 Å². The second-order valence-corrected chi connectivity index (χ2v) is 41.9. The van der Waals surface area contributed by atoms with Gasteiger partial charge in [0.2, 0.25) is 0 Å². The number of rotatable bonds is 8. The number of hydrogen-bond acceptors (Lipinski definition) is 0. The molecule has 10 aliphatic heterocycles. The summed E-state index contributed by atoms with van der Waals surface area (Å²) in [5, 5.41) is 3.45. The Kier molecular flexibility index (Phi) is 1.26. The van der Waals surface area contributed by atoms with Crippen molar-refractivity contribution in [2.24, 2.45) is 0 Å². The van der Waals surface area contributed by atoms with Gasteiger partial charge in [-0.05, 0) is 0 Å². The third-order valence-electron chi connectivity index (χ3n) is 19.5. The molecule has 8 unspecified atom stereocenters. The van der Waals surface area contributed by atoms with Crippen LogP contribution < -0.4 is 10.6 Å². The minimum absolute atomic E-state index is 0.210. The van der Waals surface area contributed by atoms with E-state index in [1.807, 2.05) is 5.56 Å². The van der Waals surface area contributed by atoms with Crippen LogP contribution in [0.15, 0.2) is 84.9 Å². The number of hydrogen-bond donors (Lipinski definition) is 0. The summed E-state index contributed by atoms with van der Waals surface area (Å²) in [4.78, 5) is 10.3. The Bertz CT molecular complexity index is 1890. The van der Waals surface area contributed by atoms with Crippen LogP contribution in [0.25, 0.3) is 0 Å². The molecule has 10 fully saturated rings. The SMILES string of the molecule is CCCCCc1cccc([C]23[CH]4[CH]5[CH]6[CH]2[Fe]56432789[CH]3[CH]2[CH]7[C]8(P(c2ccccc2)c2ccccc2)[CH]39)c1. The number of unbranched alkanes of at least 4 members (excludes halogenated alkanes) is 2. The van der Waals surface area contributed by atoms with E-state index in [4.69, 9.17) is 0 Å². The van der Waals surface area contributed by atoms with Gasteiger partial charge in [0.25, 0.3) is 0 Å². The molecule has 2 heteroatoms. The Balaban J connectivity index is 1.08. The third kappa shape index (κ3) is 0.402. The molecule has 8 atom stereocenters. The fraction of sp³-hybridized carbons (Fsp3) is 0.455. The molecule has 0 radical (unpaired) electrons. The van der Waals surface area contributed by atoms with Crippen molar-refractivity contribution in [2.75, 3.05) is 0 Å². The summed E-state index contributed by atoms with van der Waals surface area (Å²) in [5.74, 6) is 0. The van der Waals surface area contributed by atoms with Crippen molar-refractivity contribution in [1.82, 2.24) is 0 Å². The van der Waals surface area contributed by atoms with E-state index in [0.29, 0.717) is 0 Å². The van der Waals surface area contributed by atoms with Gasteiger partial charge in [0.1, 0.15) is 0 Å². The van der Waals surface area contributed by atoms with Gasteiger partial charge in [-0.1, -0.05) is 0 Å². The van der Waals surface area contributed by atoms with Crippen LogP contribution in [0.2, 0.25) is 38.5 Å². The minimum atomic E-state index is -3.67. The molecule has 0 bridgehead atoms. The molecule has 10 aliphatic rings. The maximum atomic E-state index is 2.79. The summed E-state index contributed by atoms with van der Waals surface area (Å²) in [5.41, 5.74) is 3.57. The first-order valence-electron chi connectivity index (χ1n) is 14.3. The van der Waals surface area contributed by atoms with Crippen LogP contribution in [-0.4, -0.2) is 4.05 Å². The predicted molar refractivity (Wildman–Crippen MR) is 143 cm³/mol. The summed E-state index contributed by atoms with van der Waals surface area (Å²) in [6.07, 6.45) is 5.38. The second-order valence-electron chi connectivity index (χ2n) is 15.9. The molecule has 178 valence electrons. The topological polar surface area (TPSA) is 0 Å². The molecular formula is C33H33FeP.